The number of nitrogens with zero attached hydrogens (tertiary/aromatic N) is 1. The van der Waals surface area contributed by atoms with E-state index in [4.69, 9.17) is 0 Å². The van der Waals surface area contributed by atoms with Crippen LogP contribution < -0.4 is 5.32 Å². The quantitative estimate of drug-likeness (QED) is 0.560. The van der Waals surface area contributed by atoms with Crippen LogP contribution in [0.5, 0.6) is 0 Å². The van der Waals surface area contributed by atoms with E-state index in [1.807, 2.05) is 0 Å². The Balaban J connectivity index is 2.30. The third kappa shape index (κ3) is 2.04. The van der Waals surface area contributed by atoms with E-state index in [1.165, 1.54) is 18.7 Å². The van der Waals surface area contributed by atoms with Crippen molar-refractivity contribution >= 4 is 5.84 Å². The lowest BCUT2D eigenvalue weighted by atomic mass is 10.1. The third-order valence-corrected chi connectivity index (χ3v) is 1.52. The Morgan fingerprint density at radius 2 is 2.44 bits per heavy atom. The normalized spacial score (nSPS) is 23.9. The number of rotatable bonds is 1. The van der Waals surface area contributed by atoms with Gasteiger partial charge in [-0.3, -0.25) is 4.99 Å². The highest BCUT2D eigenvalue weighted by Gasteiger charge is 2.02. The molecule has 1 N–H and O–H groups in total. The average molecular weight is 126 g/mol. The summed E-state index contributed by atoms with van der Waals surface area (Å²) in [5.41, 5.74) is 0. The molecule has 0 bridgehead atoms. The van der Waals surface area contributed by atoms with Crippen molar-refractivity contribution in [3.63, 3.8) is 0 Å². The molecule has 2 heteroatoms. The van der Waals surface area contributed by atoms with Crippen LogP contribution in [-0.2, 0) is 0 Å². The number of piperidine rings is 1. The molecule has 52 valence electrons. The minimum absolute atomic E-state index is 0.919. The number of hydrogen-bond acceptors (Lipinski definition) is 1. The van der Waals surface area contributed by atoms with E-state index in [2.05, 4.69) is 17.2 Å². The van der Waals surface area contributed by atoms with Gasteiger partial charge in [0.05, 0.1) is 5.84 Å². The second-order valence-electron chi connectivity index (χ2n) is 2.30. The minimum atomic E-state index is 0.919. The molecule has 1 saturated heterocycles. The first-order chi connectivity index (χ1) is 4.43. The molecule has 0 amide bonds. The highest BCUT2D eigenvalue weighted by atomic mass is 15.0. The Bertz CT molecular complexity index is 99.5. The zero-order valence-corrected chi connectivity index (χ0v) is 5.98. The molecular weight excluding hydrogens is 112 g/mol. The number of aliphatic imine (C=N–C) groups is 1. The minimum Gasteiger partial charge on any atom is -0.374 e. The molecule has 0 saturated carbocycles. The fraction of sp³-hybridized carbons (Fsp3) is 0.857. The average Bonchev–Trinajstić information content (AvgIpc) is 1.91. The van der Waals surface area contributed by atoms with Gasteiger partial charge in [0.15, 0.2) is 0 Å². The number of hydrogen-bond donors (Lipinski definition) is 1. The summed E-state index contributed by atoms with van der Waals surface area (Å²) < 4.78 is 0. The summed E-state index contributed by atoms with van der Waals surface area (Å²) in [6.07, 6.45) is 3.78. The van der Waals surface area contributed by atoms with Crippen LogP contribution in [0, 0.1) is 0 Å². The molecule has 0 aromatic heterocycles. The van der Waals surface area contributed by atoms with Crippen LogP contribution in [0.4, 0.5) is 0 Å². The fourth-order valence-electron chi connectivity index (χ4n) is 1.06. The highest BCUT2D eigenvalue weighted by molar-refractivity contribution is 5.82. The van der Waals surface area contributed by atoms with Gasteiger partial charge in [-0.05, 0) is 19.8 Å². The van der Waals surface area contributed by atoms with E-state index in [9.17, 15) is 0 Å². The molecule has 0 unspecified atom stereocenters. The molecule has 0 atom stereocenters. The number of nitrogens with one attached hydrogen (secondary N) is 1. The van der Waals surface area contributed by atoms with Gasteiger partial charge >= 0.3 is 0 Å². The van der Waals surface area contributed by atoms with Crippen molar-refractivity contribution < 1.29 is 0 Å². The molecule has 0 radical (unpaired) electrons. The molecule has 0 aliphatic carbocycles. The van der Waals surface area contributed by atoms with Crippen LogP contribution in [0.3, 0.4) is 0 Å². The summed E-state index contributed by atoms with van der Waals surface area (Å²) in [7, 11) is 0. The summed E-state index contributed by atoms with van der Waals surface area (Å²) in [5.74, 6) is 1.21. The molecular formula is C7H14N2. The lowest BCUT2D eigenvalue weighted by Crippen LogP contribution is -2.28. The van der Waals surface area contributed by atoms with Crippen molar-refractivity contribution in [3.8, 4) is 0 Å². The molecule has 1 rings (SSSR count). The highest BCUT2D eigenvalue weighted by Crippen LogP contribution is 2.01. The van der Waals surface area contributed by atoms with Crippen LogP contribution in [0.2, 0.25) is 0 Å². The van der Waals surface area contributed by atoms with E-state index >= 15 is 0 Å². The molecule has 1 aliphatic heterocycles. The van der Waals surface area contributed by atoms with Gasteiger partial charge in [-0.15, -0.1) is 0 Å². The molecule has 0 aromatic rings. The van der Waals surface area contributed by atoms with Crippen molar-refractivity contribution in [1.29, 1.82) is 0 Å². The van der Waals surface area contributed by atoms with Crippen molar-refractivity contribution in [2.75, 3.05) is 13.1 Å². The van der Waals surface area contributed by atoms with Crippen molar-refractivity contribution in [1.82, 2.24) is 5.32 Å². The lowest BCUT2D eigenvalue weighted by molar-refractivity contribution is 0.666. The fourth-order valence-corrected chi connectivity index (χ4v) is 1.06. The molecule has 2 nitrogen and oxygen atoms in total. The van der Waals surface area contributed by atoms with Gasteiger partial charge in [0.1, 0.15) is 0 Å². The van der Waals surface area contributed by atoms with Gasteiger partial charge in [0.2, 0.25) is 0 Å². The van der Waals surface area contributed by atoms with Crippen LogP contribution in [0.15, 0.2) is 4.99 Å². The summed E-state index contributed by atoms with van der Waals surface area (Å²) in [4.78, 5) is 4.29. The smallest absolute Gasteiger partial charge is 0.0962 e. The maximum atomic E-state index is 4.29. The van der Waals surface area contributed by atoms with Crippen LogP contribution in [0.1, 0.15) is 26.2 Å². The second kappa shape index (κ2) is 3.49. The molecule has 0 spiro atoms. The van der Waals surface area contributed by atoms with E-state index in [1.54, 1.807) is 0 Å². The third-order valence-electron chi connectivity index (χ3n) is 1.52. The van der Waals surface area contributed by atoms with Gasteiger partial charge in [-0.25, -0.2) is 0 Å². The Hall–Kier alpha value is -0.530. The summed E-state index contributed by atoms with van der Waals surface area (Å²) in [5, 5.41) is 3.27. The van der Waals surface area contributed by atoms with Crippen LogP contribution in [-0.4, -0.2) is 18.9 Å². The SMILES string of the molecule is CC/N=C1\CCCCN1. The van der Waals surface area contributed by atoms with E-state index in [0.29, 0.717) is 0 Å². The van der Waals surface area contributed by atoms with Gasteiger partial charge in [-0.1, -0.05) is 0 Å². The molecule has 9 heavy (non-hydrogen) atoms. The van der Waals surface area contributed by atoms with Crippen molar-refractivity contribution in [3.05, 3.63) is 0 Å². The molecule has 0 aromatic carbocycles. The van der Waals surface area contributed by atoms with E-state index < -0.39 is 0 Å². The van der Waals surface area contributed by atoms with Crippen molar-refractivity contribution in [2.24, 2.45) is 4.99 Å². The van der Waals surface area contributed by atoms with Crippen LogP contribution in [0.25, 0.3) is 0 Å². The Kier molecular flexibility index (Phi) is 2.55. The van der Waals surface area contributed by atoms with Gasteiger partial charge in [0, 0.05) is 19.5 Å². The predicted molar refractivity (Wildman–Crippen MR) is 39.8 cm³/mol. The Morgan fingerprint density at radius 3 is 3.00 bits per heavy atom. The zero-order chi connectivity index (χ0) is 6.53. The summed E-state index contributed by atoms with van der Waals surface area (Å²) >= 11 is 0. The Labute approximate surface area is 56.4 Å². The lowest BCUT2D eigenvalue weighted by Gasteiger charge is -2.14. The predicted octanol–water partition coefficient (Wildman–Crippen LogP) is 1.18. The van der Waals surface area contributed by atoms with Gasteiger partial charge in [0.25, 0.3) is 0 Å². The monoisotopic (exact) mass is 126 g/mol. The van der Waals surface area contributed by atoms with Crippen LogP contribution >= 0.6 is 0 Å². The van der Waals surface area contributed by atoms with Crippen molar-refractivity contribution in [2.45, 2.75) is 26.2 Å². The van der Waals surface area contributed by atoms with E-state index in [-0.39, 0.29) is 0 Å². The molecule has 1 aliphatic rings. The first kappa shape index (κ1) is 6.59. The first-order valence-electron chi connectivity index (χ1n) is 3.70. The maximum absolute atomic E-state index is 4.29. The Morgan fingerprint density at radius 1 is 1.56 bits per heavy atom. The topological polar surface area (TPSA) is 24.4 Å². The molecule has 1 heterocycles. The second-order valence-corrected chi connectivity index (χ2v) is 2.30. The first-order valence-corrected chi connectivity index (χ1v) is 3.70. The standard InChI is InChI=1S/C7H14N2/c1-2-8-7-5-3-4-6-9-7/h2-6H2,1H3,(H,8,9). The van der Waals surface area contributed by atoms with Gasteiger partial charge < -0.3 is 5.32 Å². The summed E-state index contributed by atoms with van der Waals surface area (Å²) in [6, 6.07) is 0. The van der Waals surface area contributed by atoms with E-state index in [0.717, 1.165) is 19.5 Å². The maximum Gasteiger partial charge on any atom is 0.0962 e. The van der Waals surface area contributed by atoms with Gasteiger partial charge in [-0.2, -0.15) is 0 Å². The molecule has 1 fully saturated rings. The number of amidine groups is 1. The summed E-state index contributed by atoms with van der Waals surface area (Å²) in [6.45, 7) is 4.12. The largest absolute Gasteiger partial charge is 0.374 e. The zero-order valence-electron chi connectivity index (χ0n) is 5.98.